The highest BCUT2D eigenvalue weighted by Crippen LogP contribution is 2.58. The Balaban J connectivity index is 1.61. The fourth-order valence-electron chi connectivity index (χ4n) is 5.12. The maximum atomic E-state index is 13.4. The van der Waals surface area contributed by atoms with Crippen LogP contribution in [0.25, 0.3) is 0 Å². The monoisotopic (exact) mass is 417 g/mol. The Hall–Kier alpha value is -2.39. The quantitative estimate of drug-likeness (QED) is 0.549. The first-order valence-electron chi connectivity index (χ1n) is 9.40. The minimum Gasteiger partial charge on any atom is -0.325 e. The number of fused-ring (bicyclic) bond motifs is 1. The van der Waals surface area contributed by atoms with Gasteiger partial charge in [-0.15, -0.1) is 0 Å². The summed E-state index contributed by atoms with van der Waals surface area (Å²) in [6.07, 6.45) is 0. The Labute approximate surface area is 167 Å². The molecule has 3 aromatic rings. The Morgan fingerprint density at radius 2 is 1.26 bits per heavy atom. The number of hydrogen-bond donors (Lipinski definition) is 1. The minimum absolute atomic E-state index is 0.0769. The highest BCUT2D eigenvalue weighted by atomic mass is 79.9. The summed E-state index contributed by atoms with van der Waals surface area (Å²) in [7, 11) is 0. The van der Waals surface area contributed by atoms with Crippen LogP contribution in [-0.2, 0) is 4.79 Å². The van der Waals surface area contributed by atoms with E-state index in [2.05, 4.69) is 76.7 Å². The van der Waals surface area contributed by atoms with Gasteiger partial charge in [0.25, 0.3) is 0 Å². The molecule has 134 valence electrons. The lowest BCUT2D eigenvalue weighted by Gasteiger charge is -2.49. The van der Waals surface area contributed by atoms with Crippen molar-refractivity contribution in [2.45, 2.75) is 18.8 Å². The molecule has 2 bridgehead atoms. The third-order valence-corrected chi connectivity index (χ3v) is 6.91. The van der Waals surface area contributed by atoms with Crippen molar-refractivity contribution >= 4 is 27.5 Å². The molecule has 0 saturated heterocycles. The predicted octanol–water partition coefficient (Wildman–Crippen LogP) is 5.93. The average Bonchev–Trinajstić information content (AvgIpc) is 2.69. The molecule has 6 rings (SSSR count). The van der Waals surface area contributed by atoms with Crippen molar-refractivity contribution in [2.24, 2.45) is 11.8 Å². The van der Waals surface area contributed by atoms with E-state index in [9.17, 15) is 4.79 Å². The first-order chi connectivity index (χ1) is 13.2. The number of amides is 1. The van der Waals surface area contributed by atoms with Gasteiger partial charge in [0.2, 0.25) is 5.91 Å². The summed E-state index contributed by atoms with van der Waals surface area (Å²) in [6.45, 7) is 2.23. The van der Waals surface area contributed by atoms with Crippen LogP contribution in [0, 0.1) is 11.8 Å². The predicted molar refractivity (Wildman–Crippen MR) is 112 cm³/mol. The summed E-state index contributed by atoms with van der Waals surface area (Å²) in [5.74, 6) is 0.667. The Kier molecular flexibility index (Phi) is 3.94. The van der Waals surface area contributed by atoms with Crippen molar-refractivity contribution < 1.29 is 4.79 Å². The summed E-state index contributed by atoms with van der Waals surface area (Å²) < 4.78 is 0.910. The fraction of sp³-hybridized carbons (Fsp3) is 0.208. The van der Waals surface area contributed by atoms with Crippen LogP contribution in [0.1, 0.15) is 41.0 Å². The molecule has 0 heterocycles. The van der Waals surface area contributed by atoms with E-state index in [4.69, 9.17) is 0 Å². The van der Waals surface area contributed by atoms with Gasteiger partial charge in [0, 0.05) is 16.3 Å². The van der Waals surface area contributed by atoms with Gasteiger partial charge in [0.15, 0.2) is 0 Å². The van der Waals surface area contributed by atoms with Gasteiger partial charge >= 0.3 is 0 Å². The minimum atomic E-state index is -0.0769. The van der Waals surface area contributed by atoms with Gasteiger partial charge in [-0.05, 0) is 56.2 Å². The molecular weight excluding hydrogens is 398 g/mol. The molecule has 3 aromatic carbocycles. The maximum Gasteiger partial charge on any atom is 0.228 e. The van der Waals surface area contributed by atoms with Crippen LogP contribution in [0.5, 0.6) is 0 Å². The lowest BCUT2D eigenvalue weighted by Crippen LogP contribution is -2.44. The van der Waals surface area contributed by atoms with Crippen LogP contribution in [0.3, 0.4) is 0 Å². The van der Waals surface area contributed by atoms with E-state index in [-0.39, 0.29) is 29.6 Å². The molecule has 1 N–H and O–H groups in total. The molecule has 27 heavy (non-hydrogen) atoms. The zero-order valence-electron chi connectivity index (χ0n) is 15.0. The van der Waals surface area contributed by atoms with Gasteiger partial charge in [-0.25, -0.2) is 0 Å². The smallest absolute Gasteiger partial charge is 0.228 e. The van der Waals surface area contributed by atoms with Gasteiger partial charge in [-0.2, -0.15) is 0 Å². The van der Waals surface area contributed by atoms with Gasteiger partial charge in [0.05, 0.1) is 11.6 Å². The standard InChI is InChI=1S/C24H20BrNO/c1-14-21-15-8-2-4-10-17(15)23(18-11-5-3-9-16(18)21)22(14)24(27)26-20-13-7-6-12-19(20)25/h2-14,21-23H,1H3,(H,26,27)/t14-,21?,22+,23?/m1/s1. The van der Waals surface area contributed by atoms with Crippen LogP contribution in [0.15, 0.2) is 77.3 Å². The molecule has 1 amide bonds. The molecule has 0 aromatic heterocycles. The van der Waals surface area contributed by atoms with Crippen molar-refractivity contribution in [1.29, 1.82) is 0 Å². The molecule has 0 aliphatic heterocycles. The molecule has 3 aliphatic rings. The highest BCUT2D eigenvalue weighted by Gasteiger charge is 2.50. The van der Waals surface area contributed by atoms with E-state index in [1.54, 1.807) is 0 Å². The van der Waals surface area contributed by atoms with E-state index in [0.29, 0.717) is 0 Å². The number of nitrogens with one attached hydrogen (secondary N) is 1. The second kappa shape index (κ2) is 6.35. The summed E-state index contributed by atoms with van der Waals surface area (Å²) in [6, 6.07) is 25.1. The van der Waals surface area contributed by atoms with E-state index < -0.39 is 0 Å². The largest absolute Gasteiger partial charge is 0.325 e. The zero-order valence-corrected chi connectivity index (χ0v) is 16.6. The number of carbonyl (C=O) groups excluding carboxylic acids is 1. The van der Waals surface area contributed by atoms with Gasteiger partial charge < -0.3 is 5.32 Å². The Morgan fingerprint density at radius 3 is 1.81 bits per heavy atom. The summed E-state index contributed by atoms with van der Waals surface area (Å²) in [5, 5.41) is 3.17. The van der Waals surface area contributed by atoms with E-state index >= 15 is 0 Å². The molecule has 2 atom stereocenters. The van der Waals surface area contributed by atoms with E-state index in [1.165, 1.54) is 22.3 Å². The number of rotatable bonds is 2. The SMILES string of the molecule is C[C@@H]1C2c3ccccc3C(c3ccccc32)[C@H]1C(=O)Nc1ccccc1Br. The number of anilines is 1. The molecule has 3 aliphatic carbocycles. The molecule has 0 saturated carbocycles. The number of hydrogen-bond acceptors (Lipinski definition) is 1. The van der Waals surface area contributed by atoms with Crippen LogP contribution < -0.4 is 5.32 Å². The number of halogens is 1. The third kappa shape index (κ3) is 2.49. The lowest BCUT2D eigenvalue weighted by molar-refractivity contribution is -0.122. The molecule has 0 fully saturated rings. The van der Waals surface area contributed by atoms with Gasteiger partial charge in [0.1, 0.15) is 0 Å². The highest BCUT2D eigenvalue weighted by molar-refractivity contribution is 9.10. The van der Waals surface area contributed by atoms with E-state index in [0.717, 1.165) is 10.2 Å². The maximum absolute atomic E-state index is 13.4. The summed E-state index contributed by atoms with van der Waals surface area (Å²) >= 11 is 3.54. The summed E-state index contributed by atoms with van der Waals surface area (Å²) in [5.41, 5.74) is 6.23. The molecule has 0 spiro atoms. The third-order valence-electron chi connectivity index (χ3n) is 6.22. The molecule has 0 unspecified atom stereocenters. The van der Waals surface area contributed by atoms with Crippen molar-refractivity contribution in [1.82, 2.24) is 0 Å². The van der Waals surface area contributed by atoms with Crippen LogP contribution in [0.4, 0.5) is 5.69 Å². The zero-order chi connectivity index (χ0) is 18.5. The van der Waals surface area contributed by atoms with Crippen molar-refractivity contribution in [3.63, 3.8) is 0 Å². The van der Waals surface area contributed by atoms with Crippen molar-refractivity contribution in [2.75, 3.05) is 5.32 Å². The van der Waals surface area contributed by atoms with Gasteiger partial charge in [-0.1, -0.05) is 67.6 Å². The molecule has 2 nitrogen and oxygen atoms in total. The topological polar surface area (TPSA) is 29.1 Å². The second-order valence-corrected chi connectivity index (χ2v) is 8.42. The first kappa shape index (κ1) is 16.8. The fourth-order valence-corrected chi connectivity index (χ4v) is 5.51. The second-order valence-electron chi connectivity index (χ2n) is 7.57. The van der Waals surface area contributed by atoms with Crippen LogP contribution in [-0.4, -0.2) is 5.91 Å². The number of carbonyl (C=O) groups is 1. The molecule has 3 heteroatoms. The lowest BCUT2D eigenvalue weighted by atomic mass is 9.54. The number of benzene rings is 3. The van der Waals surface area contributed by atoms with Gasteiger partial charge in [-0.3, -0.25) is 4.79 Å². The van der Waals surface area contributed by atoms with Crippen LogP contribution >= 0.6 is 15.9 Å². The van der Waals surface area contributed by atoms with Crippen LogP contribution in [0.2, 0.25) is 0 Å². The molecular formula is C24H20BrNO. The van der Waals surface area contributed by atoms with Crippen molar-refractivity contribution in [3.8, 4) is 0 Å². The Bertz CT molecular complexity index is 996. The average molecular weight is 418 g/mol. The molecule has 0 radical (unpaired) electrons. The van der Waals surface area contributed by atoms with E-state index in [1.807, 2.05) is 24.3 Å². The normalized spacial score (nSPS) is 24.8. The summed E-state index contributed by atoms with van der Waals surface area (Å²) in [4.78, 5) is 13.4. The first-order valence-corrected chi connectivity index (χ1v) is 10.2. The van der Waals surface area contributed by atoms with Crippen molar-refractivity contribution in [3.05, 3.63) is 99.5 Å². The number of para-hydroxylation sites is 1. The Morgan fingerprint density at radius 1 is 0.778 bits per heavy atom.